The highest BCUT2D eigenvalue weighted by Gasteiger charge is 2.23. The van der Waals surface area contributed by atoms with Gasteiger partial charge in [-0.05, 0) is 55.0 Å². The van der Waals surface area contributed by atoms with Crippen molar-refractivity contribution < 1.29 is 9.53 Å². The molecule has 1 unspecified atom stereocenters. The number of rotatable bonds is 6. The lowest BCUT2D eigenvalue weighted by Gasteiger charge is -2.21. The predicted octanol–water partition coefficient (Wildman–Crippen LogP) is 5.97. The predicted molar refractivity (Wildman–Crippen MR) is 117 cm³/mol. The van der Waals surface area contributed by atoms with Crippen molar-refractivity contribution in [1.29, 1.82) is 0 Å². The largest absolute Gasteiger partial charge is 0.462 e. The van der Waals surface area contributed by atoms with Crippen LogP contribution in [-0.4, -0.2) is 17.0 Å². The second-order valence-electron chi connectivity index (χ2n) is 6.65. The van der Waals surface area contributed by atoms with Crippen LogP contribution >= 0.6 is 11.6 Å². The van der Waals surface area contributed by atoms with Crippen molar-refractivity contribution in [2.24, 2.45) is 0 Å². The molecule has 2 aromatic carbocycles. The van der Waals surface area contributed by atoms with E-state index in [1.807, 2.05) is 84.3 Å². The van der Waals surface area contributed by atoms with Crippen LogP contribution in [0.25, 0.3) is 5.52 Å². The van der Waals surface area contributed by atoms with E-state index in [1.165, 1.54) is 0 Å². The van der Waals surface area contributed by atoms with Crippen LogP contribution in [0.3, 0.4) is 0 Å². The number of nitrogens with one attached hydrogen (secondary N) is 1. The van der Waals surface area contributed by atoms with Gasteiger partial charge in [0.25, 0.3) is 0 Å². The Hall–Kier alpha value is -3.24. The number of benzene rings is 2. The van der Waals surface area contributed by atoms with Gasteiger partial charge in [-0.2, -0.15) is 0 Å². The van der Waals surface area contributed by atoms with Crippen LogP contribution in [-0.2, 0) is 4.74 Å². The maximum atomic E-state index is 12.6. The summed E-state index contributed by atoms with van der Waals surface area (Å²) in [5.74, 6) is -0.319. The summed E-state index contributed by atoms with van der Waals surface area (Å²) in [5, 5.41) is 4.27. The molecule has 1 atom stereocenters. The number of hydrogen-bond acceptors (Lipinski definition) is 3. The second kappa shape index (κ2) is 8.41. The highest BCUT2D eigenvalue weighted by molar-refractivity contribution is 6.30. The Bertz CT molecular complexity index is 1120. The van der Waals surface area contributed by atoms with Crippen molar-refractivity contribution in [2.75, 3.05) is 11.9 Å². The fourth-order valence-corrected chi connectivity index (χ4v) is 3.59. The molecule has 146 valence electrons. The molecular weight excluding hydrogens is 384 g/mol. The highest BCUT2D eigenvalue weighted by Crippen LogP contribution is 2.31. The molecule has 0 fully saturated rings. The van der Waals surface area contributed by atoms with Crippen molar-refractivity contribution in [1.82, 2.24) is 4.40 Å². The SMILES string of the molecule is CCOC(=O)c1cc(C(Nc2ccc(Cl)cc2)c2ccccc2)n2ccccc12. The molecule has 0 spiro atoms. The number of fused-ring (bicyclic) bond motifs is 1. The molecule has 0 saturated heterocycles. The number of carbonyl (C=O) groups excluding carboxylic acids is 1. The van der Waals surface area contributed by atoms with Crippen LogP contribution in [0.2, 0.25) is 5.02 Å². The van der Waals surface area contributed by atoms with Crippen LogP contribution in [0.15, 0.2) is 85.1 Å². The fraction of sp³-hybridized carbons (Fsp3) is 0.125. The average Bonchev–Trinajstić information content (AvgIpc) is 3.14. The van der Waals surface area contributed by atoms with Crippen LogP contribution in [0, 0.1) is 0 Å². The minimum atomic E-state index is -0.319. The molecule has 1 N–H and O–H groups in total. The molecule has 0 aliphatic heterocycles. The highest BCUT2D eigenvalue weighted by atomic mass is 35.5. The standard InChI is InChI=1S/C24H21ClN2O2/c1-2-29-24(28)20-16-22(27-15-7-6-10-21(20)27)23(17-8-4-3-5-9-17)26-19-13-11-18(25)12-14-19/h3-16,23,26H,2H2,1H3. The van der Waals surface area contributed by atoms with Crippen molar-refractivity contribution in [3.63, 3.8) is 0 Å². The lowest BCUT2D eigenvalue weighted by atomic mass is 10.0. The zero-order valence-corrected chi connectivity index (χ0v) is 16.8. The summed E-state index contributed by atoms with van der Waals surface area (Å²) >= 11 is 6.04. The summed E-state index contributed by atoms with van der Waals surface area (Å²) in [5.41, 5.74) is 4.35. The van der Waals surface area contributed by atoms with Gasteiger partial charge in [-0.3, -0.25) is 0 Å². The smallest absolute Gasteiger partial charge is 0.340 e. The molecule has 2 aromatic heterocycles. The van der Waals surface area contributed by atoms with Crippen molar-refractivity contribution in [3.05, 3.63) is 107 Å². The van der Waals surface area contributed by atoms with Crippen LogP contribution in [0.4, 0.5) is 5.69 Å². The summed E-state index contributed by atoms with van der Waals surface area (Å²) in [6, 6.07) is 25.3. The normalized spacial score (nSPS) is 11.9. The van der Waals surface area contributed by atoms with E-state index in [2.05, 4.69) is 17.4 Å². The van der Waals surface area contributed by atoms with Gasteiger partial charge in [0.05, 0.1) is 29.4 Å². The van der Waals surface area contributed by atoms with E-state index in [0.717, 1.165) is 22.5 Å². The van der Waals surface area contributed by atoms with E-state index in [0.29, 0.717) is 17.2 Å². The molecule has 0 bridgehead atoms. The number of esters is 1. The lowest BCUT2D eigenvalue weighted by molar-refractivity contribution is 0.0529. The van der Waals surface area contributed by atoms with Gasteiger partial charge >= 0.3 is 5.97 Å². The third kappa shape index (κ3) is 3.98. The Labute approximate surface area is 174 Å². The van der Waals surface area contributed by atoms with E-state index < -0.39 is 0 Å². The number of aromatic nitrogens is 1. The molecule has 29 heavy (non-hydrogen) atoms. The monoisotopic (exact) mass is 404 g/mol. The number of halogens is 1. The van der Waals surface area contributed by atoms with Gasteiger partial charge in [0, 0.05) is 16.9 Å². The molecule has 2 heterocycles. The molecule has 4 aromatic rings. The van der Waals surface area contributed by atoms with Crippen LogP contribution < -0.4 is 5.32 Å². The molecule has 0 saturated carbocycles. The van der Waals surface area contributed by atoms with Crippen molar-refractivity contribution in [3.8, 4) is 0 Å². The van der Waals surface area contributed by atoms with Gasteiger partial charge in [-0.1, -0.05) is 48.0 Å². The number of ether oxygens (including phenoxy) is 1. The van der Waals surface area contributed by atoms with E-state index >= 15 is 0 Å². The maximum Gasteiger partial charge on any atom is 0.340 e. The second-order valence-corrected chi connectivity index (χ2v) is 7.09. The molecule has 4 nitrogen and oxygen atoms in total. The first-order valence-electron chi connectivity index (χ1n) is 9.51. The summed E-state index contributed by atoms with van der Waals surface area (Å²) in [6.07, 6.45) is 1.97. The Morgan fingerprint density at radius 2 is 1.76 bits per heavy atom. The van der Waals surface area contributed by atoms with E-state index in [-0.39, 0.29) is 12.0 Å². The van der Waals surface area contributed by atoms with Gasteiger partial charge < -0.3 is 14.5 Å². The Morgan fingerprint density at radius 3 is 2.48 bits per heavy atom. The summed E-state index contributed by atoms with van der Waals surface area (Å²) in [6.45, 7) is 2.15. The summed E-state index contributed by atoms with van der Waals surface area (Å²) in [4.78, 5) is 12.6. The van der Waals surface area contributed by atoms with Gasteiger partial charge in [-0.15, -0.1) is 0 Å². The van der Waals surface area contributed by atoms with Gasteiger partial charge in [0.1, 0.15) is 0 Å². The third-order valence-corrected chi connectivity index (χ3v) is 5.04. The van der Waals surface area contributed by atoms with Crippen molar-refractivity contribution in [2.45, 2.75) is 13.0 Å². The molecule has 0 aliphatic rings. The Morgan fingerprint density at radius 1 is 1.03 bits per heavy atom. The first-order valence-corrected chi connectivity index (χ1v) is 9.89. The van der Waals surface area contributed by atoms with E-state index in [1.54, 1.807) is 0 Å². The zero-order chi connectivity index (χ0) is 20.2. The Kier molecular flexibility index (Phi) is 5.54. The number of carbonyl (C=O) groups is 1. The third-order valence-electron chi connectivity index (χ3n) is 4.79. The molecule has 0 amide bonds. The van der Waals surface area contributed by atoms with Crippen LogP contribution in [0.5, 0.6) is 0 Å². The first kappa shape index (κ1) is 19.1. The number of nitrogens with zero attached hydrogens (tertiary/aromatic N) is 1. The average molecular weight is 405 g/mol. The first-order chi connectivity index (χ1) is 14.2. The van der Waals surface area contributed by atoms with Crippen LogP contribution in [0.1, 0.15) is 34.6 Å². The van der Waals surface area contributed by atoms with E-state index in [4.69, 9.17) is 16.3 Å². The minimum absolute atomic E-state index is 0.171. The topological polar surface area (TPSA) is 42.7 Å². The molecule has 4 rings (SSSR count). The zero-order valence-electron chi connectivity index (χ0n) is 16.0. The number of anilines is 1. The molecule has 0 radical (unpaired) electrons. The van der Waals surface area contributed by atoms with E-state index in [9.17, 15) is 4.79 Å². The fourth-order valence-electron chi connectivity index (χ4n) is 3.46. The molecular formula is C24H21ClN2O2. The number of pyridine rings is 1. The van der Waals surface area contributed by atoms with Gasteiger partial charge in [0.15, 0.2) is 0 Å². The summed E-state index contributed by atoms with van der Waals surface area (Å²) in [7, 11) is 0. The lowest BCUT2D eigenvalue weighted by Crippen LogP contribution is -2.14. The maximum absolute atomic E-state index is 12.6. The van der Waals surface area contributed by atoms with Crippen molar-refractivity contribution >= 4 is 28.8 Å². The minimum Gasteiger partial charge on any atom is -0.462 e. The van der Waals surface area contributed by atoms with Gasteiger partial charge in [0.2, 0.25) is 0 Å². The number of hydrogen-bond donors (Lipinski definition) is 1. The molecule has 0 aliphatic carbocycles. The summed E-state index contributed by atoms with van der Waals surface area (Å²) < 4.78 is 7.31. The molecule has 5 heteroatoms. The Balaban J connectivity index is 1.85. The quantitative estimate of drug-likeness (QED) is 0.402. The van der Waals surface area contributed by atoms with Gasteiger partial charge in [-0.25, -0.2) is 4.79 Å².